The Balaban J connectivity index is 1.39. The fourth-order valence-electron chi connectivity index (χ4n) is 4.44. The fourth-order valence-corrected chi connectivity index (χ4v) is 6.87. The van der Waals surface area contributed by atoms with E-state index in [-0.39, 0.29) is 34.0 Å². The molecule has 0 aromatic carbocycles. The Hall–Kier alpha value is -2.36. The van der Waals surface area contributed by atoms with Gasteiger partial charge in [-0.15, -0.1) is 5.10 Å². The summed E-state index contributed by atoms with van der Waals surface area (Å²) in [5.74, 6) is -3.64. The number of hydrogen-bond donors (Lipinski definition) is 3. The molecule has 6 atom stereocenters. The molecule has 4 aromatic heterocycles. The molecule has 6 heterocycles. The maximum Gasteiger partial charge on any atom is 0.325 e. The smallest absolute Gasteiger partial charge is 0.325 e. The van der Waals surface area contributed by atoms with E-state index in [0.717, 1.165) is 15.6 Å². The van der Waals surface area contributed by atoms with E-state index in [4.69, 9.17) is 46.4 Å². The maximum absolute atomic E-state index is 15.9. The van der Waals surface area contributed by atoms with Crippen molar-refractivity contribution in [2.75, 3.05) is 13.2 Å². The lowest BCUT2D eigenvalue weighted by Crippen LogP contribution is -2.33. The highest BCUT2D eigenvalue weighted by Crippen LogP contribution is 2.52. The van der Waals surface area contributed by atoms with Crippen LogP contribution in [0.25, 0.3) is 22.3 Å². The van der Waals surface area contributed by atoms with Crippen molar-refractivity contribution in [2.45, 2.75) is 50.6 Å². The molecule has 0 spiro atoms. The number of aryl methyl sites for hydroxylation is 1. The van der Waals surface area contributed by atoms with Crippen molar-refractivity contribution in [3.05, 3.63) is 34.5 Å². The van der Waals surface area contributed by atoms with Gasteiger partial charge in [-0.3, -0.25) is 9.32 Å². The van der Waals surface area contributed by atoms with Crippen LogP contribution in [0.5, 0.6) is 0 Å². The van der Waals surface area contributed by atoms with Crippen LogP contribution in [0.15, 0.2) is 17.3 Å². The Morgan fingerprint density at radius 3 is 2.74 bits per heavy atom. The van der Waals surface area contributed by atoms with Gasteiger partial charge in [-0.25, -0.2) is 33.1 Å². The lowest BCUT2D eigenvalue weighted by molar-refractivity contribution is -0.0658. The van der Waals surface area contributed by atoms with E-state index in [1.807, 2.05) is 0 Å². The van der Waals surface area contributed by atoms with Crippen molar-refractivity contribution in [3.63, 3.8) is 0 Å². The molecule has 0 radical (unpaired) electrons. The van der Waals surface area contributed by atoms with Crippen molar-refractivity contribution in [1.29, 1.82) is 0 Å². The first-order valence-corrected chi connectivity index (χ1v) is 17.3. The number of aromatic nitrogens is 9. The van der Waals surface area contributed by atoms with E-state index >= 15 is 13.2 Å². The SMILES string of the molecule is Cc1nc2c(nnn2[C@@H]2O[C@@H]3COP(O)(=S)OCC(F)(F)Cn4c(nc5cncnc54)COP(O)(=S)O[C@@H]2[C@@H]3F)c(=O)[nH]1. The number of hydrogen-bond acceptors (Lipinski definition) is 14. The van der Waals surface area contributed by atoms with Gasteiger partial charge in [0.25, 0.3) is 11.5 Å². The lowest BCUT2D eigenvalue weighted by atomic mass is 10.1. The second kappa shape index (κ2) is 11.2. The standard InChI is InChI=1S/C19H20F3N9O8P2S2/c1-8-25-16-13(17(32)26-8)28-29-31(16)18-14-12(20)10(38-18)3-35-40(33,42)37-6-19(21,22)5-30-11(4-36-41(34,43)39-14)27-9-2-23-7-24-15(9)30/h2,7,10,12,14,18H,3-6H2,1H3,(H,33,42)(H,34,43)(H,25,26,32)/t10-,12-,14-,18-,40?,41?/m1/s1. The summed E-state index contributed by atoms with van der Waals surface area (Å²) >= 11 is 9.99. The predicted octanol–water partition coefficient (Wildman–Crippen LogP) is 0.916. The van der Waals surface area contributed by atoms with Crippen LogP contribution >= 0.6 is 13.4 Å². The quantitative estimate of drug-likeness (QED) is 0.238. The number of imidazole rings is 1. The number of rotatable bonds is 1. The van der Waals surface area contributed by atoms with Crippen LogP contribution in [-0.4, -0.2) is 91.8 Å². The molecule has 0 aliphatic carbocycles. The third-order valence-corrected chi connectivity index (χ3v) is 9.39. The lowest BCUT2D eigenvalue weighted by Gasteiger charge is -2.25. The molecule has 43 heavy (non-hydrogen) atoms. The van der Waals surface area contributed by atoms with E-state index in [1.54, 1.807) is 0 Å². The molecule has 3 N–H and O–H groups in total. The molecule has 0 amide bonds. The largest absolute Gasteiger partial charge is 0.345 e. The minimum absolute atomic E-state index is 0.00649. The molecule has 17 nitrogen and oxygen atoms in total. The number of aromatic amines is 1. The van der Waals surface area contributed by atoms with E-state index in [0.29, 0.717) is 0 Å². The molecule has 0 saturated carbocycles. The summed E-state index contributed by atoms with van der Waals surface area (Å²) in [7, 11) is 0. The Morgan fingerprint density at radius 1 is 1.16 bits per heavy atom. The highest BCUT2D eigenvalue weighted by Gasteiger charge is 2.51. The van der Waals surface area contributed by atoms with Gasteiger partial charge in [0.15, 0.2) is 29.2 Å². The van der Waals surface area contributed by atoms with Crippen LogP contribution in [0.2, 0.25) is 0 Å². The van der Waals surface area contributed by atoms with E-state index < -0.39 is 75.9 Å². The second-order valence-electron chi connectivity index (χ2n) is 9.42. The number of fused-ring (bicyclic) bond motifs is 6. The van der Waals surface area contributed by atoms with Crippen molar-refractivity contribution in [1.82, 2.24) is 44.5 Å². The molecule has 2 aliphatic rings. The molecule has 2 unspecified atom stereocenters. The number of nitrogens with one attached hydrogen (secondary N) is 1. The average molecular weight is 686 g/mol. The highest BCUT2D eigenvalue weighted by atomic mass is 32.5. The highest BCUT2D eigenvalue weighted by molar-refractivity contribution is 8.07. The summed E-state index contributed by atoms with van der Waals surface area (Å²) < 4.78 is 74.6. The van der Waals surface area contributed by atoms with Crippen LogP contribution in [0.4, 0.5) is 13.2 Å². The molecule has 6 rings (SSSR count). The van der Waals surface area contributed by atoms with Gasteiger partial charge in [0.2, 0.25) is 0 Å². The summed E-state index contributed by atoms with van der Waals surface area (Å²) in [4.78, 5) is 52.3. The van der Waals surface area contributed by atoms with Gasteiger partial charge in [-0.2, -0.15) is 4.68 Å². The summed E-state index contributed by atoms with van der Waals surface area (Å²) in [6, 6.07) is 0. The zero-order valence-electron chi connectivity index (χ0n) is 21.6. The van der Waals surface area contributed by atoms with E-state index in [2.05, 4.69) is 35.2 Å². The van der Waals surface area contributed by atoms with Gasteiger partial charge in [0.05, 0.1) is 19.3 Å². The average Bonchev–Trinajstić information content (AvgIpc) is 3.59. The monoisotopic (exact) mass is 685 g/mol. The van der Waals surface area contributed by atoms with Gasteiger partial charge in [-0.05, 0) is 30.5 Å². The summed E-state index contributed by atoms with van der Waals surface area (Å²) in [5.41, 5.74) is -0.842. The molecule has 24 heteroatoms. The van der Waals surface area contributed by atoms with Crippen LogP contribution < -0.4 is 5.56 Å². The number of nitrogens with zero attached hydrogens (tertiary/aromatic N) is 8. The number of halogens is 3. The van der Waals surface area contributed by atoms with Crippen LogP contribution in [-0.2, 0) is 59.6 Å². The first kappa shape index (κ1) is 30.7. The van der Waals surface area contributed by atoms with Crippen molar-refractivity contribution >= 4 is 59.4 Å². The molecule has 1 fully saturated rings. The van der Waals surface area contributed by atoms with Gasteiger partial charge < -0.3 is 37.6 Å². The molecule has 1 saturated heterocycles. The van der Waals surface area contributed by atoms with Gasteiger partial charge >= 0.3 is 13.4 Å². The number of ether oxygens (including phenoxy) is 1. The van der Waals surface area contributed by atoms with Crippen LogP contribution in [0.3, 0.4) is 0 Å². The number of alkyl halides is 3. The van der Waals surface area contributed by atoms with Crippen molar-refractivity contribution < 1.29 is 45.8 Å². The second-order valence-corrected chi connectivity index (χ2v) is 15.0. The fraction of sp³-hybridized carbons (Fsp3) is 0.526. The summed E-state index contributed by atoms with van der Waals surface area (Å²) in [6.07, 6.45) is -4.67. The van der Waals surface area contributed by atoms with Crippen molar-refractivity contribution in [2.24, 2.45) is 0 Å². The van der Waals surface area contributed by atoms with Crippen LogP contribution in [0, 0.1) is 6.92 Å². The maximum atomic E-state index is 15.9. The first-order valence-electron chi connectivity index (χ1n) is 12.1. The third-order valence-electron chi connectivity index (χ3n) is 6.29. The molecule has 2 aliphatic heterocycles. The molecular formula is C19H20F3N9O8P2S2. The van der Waals surface area contributed by atoms with Gasteiger partial charge in [0.1, 0.15) is 48.9 Å². The normalized spacial score (nSPS) is 32.2. The topological polar surface area (TPSA) is 207 Å². The molecular weight excluding hydrogens is 665 g/mol. The summed E-state index contributed by atoms with van der Waals surface area (Å²) in [5, 5.41) is 7.61. The Morgan fingerprint density at radius 2 is 1.95 bits per heavy atom. The minimum Gasteiger partial charge on any atom is -0.345 e. The van der Waals surface area contributed by atoms with E-state index in [9.17, 15) is 14.6 Å². The first-order chi connectivity index (χ1) is 20.2. The number of H-pyrrole nitrogens is 1. The van der Waals surface area contributed by atoms with Gasteiger partial charge in [0, 0.05) is 0 Å². The molecule has 232 valence electrons. The van der Waals surface area contributed by atoms with E-state index in [1.165, 1.54) is 13.1 Å². The minimum atomic E-state index is -4.38. The zero-order valence-corrected chi connectivity index (χ0v) is 25.0. The van der Waals surface area contributed by atoms with Crippen molar-refractivity contribution in [3.8, 4) is 0 Å². The third kappa shape index (κ3) is 6.27. The summed E-state index contributed by atoms with van der Waals surface area (Å²) in [6.45, 7) is -11.2. The predicted molar refractivity (Wildman–Crippen MR) is 144 cm³/mol. The Kier molecular flexibility index (Phi) is 8.00. The molecule has 2 bridgehead atoms. The Bertz CT molecular complexity index is 1860. The van der Waals surface area contributed by atoms with Crippen LogP contribution in [0.1, 0.15) is 17.9 Å². The van der Waals surface area contributed by atoms with Gasteiger partial charge in [-0.1, -0.05) is 5.21 Å². The zero-order chi connectivity index (χ0) is 30.7. The Labute approximate surface area is 247 Å². The molecule has 4 aromatic rings.